The summed E-state index contributed by atoms with van der Waals surface area (Å²) in [5.74, 6) is -1.76. The average Bonchev–Trinajstić information content (AvgIpc) is 1.85. The largest absolute Gasteiger partial charge is 0.465 e. The van der Waals surface area contributed by atoms with Gasteiger partial charge in [0.1, 0.15) is 0 Å². The maximum Gasteiger partial charge on any atom is 0.410 e. The van der Waals surface area contributed by atoms with Gasteiger partial charge in [0.2, 0.25) is 5.85 Å². The minimum Gasteiger partial charge on any atom is -0.465 e. The average molecular weight is 161 g/mol. The molecule has 0 saturated carbocycles. The summed E-state index contributed by atoms with van der Waals surface area (Å²) in [6.45, 7) is 0.799. The topological polar surface area (TPSA) is 98.8 Å². The number of nitrogens with zero attached hydrogens (tertiary/aromatic N) is 1. The Morgan fingerprint density at radius 1 is 1.73 bits per heavy atom. The van der Waals surface area contributed by atoms with Crippen molar-refractivity contribution < 1.29 is 15.0 Å². The first-order valence-electron chi connectivity index (χ1n) is 3.26. The second-order valence-corrected chi connectivity index (χ2v) is 2.49. The number of piperazine rings is 1. The van der Waals surface area contributed by atoms with Gasteiger partial charge in [-0.15, -0.1) is 0 Å². The number of nitrogens with one attached hydrogen (secondary N) is 1. The lowest BCUT2D eigenvalue weighted by Crippen LogP contribution is -2.67. The van der Waals surface area contributed by atoms with E-state index in [0.717, 1.165) is 4.90 Å². The lowest BCUT2D eigenvalue weighted by Gasteiger charge is -2.38. The molecule has 0 aromatic heterocycles. The number of hydrogen-bond acceptors (Lipinski definition) is 4. The van der Waals surface area contributed by atoms with E-state index in [-0.39, 0.29) is 13.1 Å². The van der Waals surface area contributed by atoms with E-state index in [1.54, 1.807) is 0 Å². The maximum atomic E-state index is 10.4. The summed E-state index contributed by atoms with van der Waals surface area (Å²) >= 11 is 0. The molecule has 5 N–H and O–H groups in total. The lowest BCUT2D eigenvalue weighted by atomic mass is 10.3. The minimum absolute atomic E-state index is 0.0688. The Labute approximate surface area is 63.6 Å². The molecule has 0 aromatic rings. The number of aliphatic hydroxyl groups is 1. The van der Waals surface area contributed by atoms with Crippen LogP contribution >= 0.6 is 0 Å². The number of rotatable bonds is 0. The number of amides is 1. The molecule has 1 heterocycles. The zero-order chi connectivity index (χ0) is 8.48. The second-order valence-electron chi connectivity index (χ2n) is 2.49. The Bertz CT molecular complexity index is 170. The molecule has 0 radical (unpaired) electrons. The number of carboxylic acid groups (broad SMARTS) is 1. The summed E-state index contributed by atoms with van der Waals surface area (Å²) in [5, 5.41) is 20.6. The van der Waals surface area contributed by atoms with Crippen molar-refractivity contribution in [2.75, 3.05) is 19.6 Å². The fraction of sp³-hybridized carbons (Fsp3) is 0.800. The first-order chi connectivity index (χ1) is 5.04. The summed E-state index contributed by atoms with van der Waals surface area (Å²) in [6, 6.07) is 0. The predicted molar refractivity (Wildman–Crippen MR) is 36.7 cm³/mol. The van der Waals surface area contributed by atoms with E-state index >= 15 is 0 Å². The van der Waals surface area contributed by atoms with Crippen LogP contribution in [-0.2, 0) is 0 Å². The van der Waals surface area contributed by atoms with Crippen molar-refractivity contribution in [3.63, 3.8) is 0 Å². The van der Waals surface area contributed by atoms with Crippen LogP contribution in [0.4, 0.5) is 4.79 Å². The number of carbonyl (C=O) groups is 1. The van der Waals surface area contributed by atoms with Crippen LogP contribution < -0.4 is 11.1 Å². The Kier molecular flexibility index (Phi) is 1.99. The van der Waals surface area contributed by atoms with E-state index in [1.165, 1.54) is 0 Å². The van der Waals surface area contributed by atoms with Gasteiger partial charge in [-0.05, 0) is 0 Å². The quantitative estimate of drug-likeness (QED) is 0.313. The van der Waals surface area contributed by atoms with Crippen LogP contribution in [0.2, 0.25) is 0 Å². The molecule has 1 rings (SSSR count). The fourth-order valence-corrected chi connectivity index (χ4v) is 1.01. The van der Waals surface area contributed by atoms with Gasteiger partial charge in [-0.3, -0.25) is 10.6 Å². The molecule has 0 spiro atoms. The smallest absolute Gasteiger partial charge is 0.410 e. The predicted octanol–water partition coefficient (Wildman–Crippen LogP) is -1.83. The van der Waals surface area contributed by atoms with E-state index in [9.17, 15) is 9.90 Å². The van der Waals surface area contributed by atoms with E-state index in [0.29, 0.717) is 6.54 Å². The van der Waals surface area contributed by atoms with Crippen molar-refractivity contribution in [1.82, 2.24) is 10.2 Å². The van der Waals surface area contributed by atoms with Gasteiger partial charge in [-0.1, -0.05) is 0 Å². The van der Waals surface area contributed by atoms with Gasteiger partial charge < -0.3 is 15.5 Å². The molecular formula is C5H11N3O3. The minimum atomic E-state index is -1.76. The molecule has 1 fully saturated rings. The summed E-state index contributed by atoms with van der Waals surface area (Å²) in [6.07, 6.45) is -1.20. The zero-order valence-corrected chi connectivity index (χ0v) is 5.95. The Morgan fingerprint density at radius 2 is 2.36 bits per heavy atom. The molecule has 0 unspecified atom stereocenters. The molecule has 0 aliphatic carbocycles. The Balaban J connectivity index is 2.67. The molecule has 0 aromatic carbocycles. The summed E-state index contributed by atoms with van der Waals surface area (Å²) in [7, 11) is 0. The van der Waals surface area contributed by atoms with Crippen molar-refractivity contribution >= 4 is 6.09 Å². The van der Waals surface area contributed by atoms with Gasteiger partial charge in [0.15, 0.2) is 0 Å². The highest BCUT2D eigenvalue weighted by Crippen LogP contribution is 2.07. The number of nitrogens with two attached hydrogens (primary N) is 1. The van der Waals surface area contributed by atoms with Crippen LogP contribution in [0.3, 0.4) is 0 Å². The normalized spacial score (nSPS) is 32.0. The van der Waals surface area contributed by atoms with Gasteiger partial charge in [0.05, 0.1) is 6.54 Å². The summed E-state index contributed by atoms with van der Waals surface area (Å²) in [4.78, 5) is 11.2. The van der Waals surface area contributed by atoms with Gasteiger partial charge >= 0.3 is 6.09 Å². The van der Waals surface area contributed by atoms with Crippen molar-refractivity contribution in [3.8, 4) is 0 Å². The van der Waals surface area contributed by atoms with E-state index in [2.05, 4.69) is 5.32 Å². The molecule has 1 amide bonds. The van der Waals surface area contributed by atoms with Crippen LogP contribution in [-0.4, -0.2) is 46.7 Å². The monoisotopic (exact) mass is 161 g/mol. The van der Waals surface area contributed by atoms with Crippen LogP contribution in [0.1, 0.15) is 0 Å². The highest BCUT2D eigenvalue weighted by atomic mass is 16.4. The molecular weight excluding hydrogens is 150 g/mol. The molecule has 1 saturated heterocycles. The molecule has 1 aliphatic rings. The molecule has 1 atom stereocenters. The van der Waals surface area contributed by atoms with Crippen molar-refractivity contribution in [3.05, 3.63) is 0 Å². The molecule has 6 nitrogen and oxygen atoms in total. The summed E-state index contributed by atoms with van der Waals surface area (Å²) in [5.41, 5.74) is 5.26. The van der Waals surface area contributed by atoms with Crippen molar-refractivity contribution in [1.29, 1.82) is 0 Å². The highest BCUT2D eigenvalue weighted by Gasteiger charge is 2.35. The standard InChI is InChI=1S/C5H11N3O3/c6-5(11)3-7-1-2-8(5)4(9)10/h7,11H,1-3,6H2,(H,9,10)/t5-/m1/s1. The van der Waals surface area contributed by atoms with E-state index < -0.39 is 11.9 Å². The van der Waals surface area contributed by atoms with Gasteiger partial charge in [0.25, 0.3) is 0 Å². The lowest BCUT2D eigenvalue weighted by molar-refractivity contribution is -0.0979. The molecule has 11 heavy (non-hydrogen) atoms. The first-order valence-corrected chi connectivity index (χ1v) is 3.26. The van der Waals surface area contributed by atoms with Crippen molar-refractivity contribution in [2.45, 2.75) is 5.85 Å². The third-order valence-electron chi connectivity index (χ3n) is 1.60. The molecule has 64 valence electrons. The second kappa shape index (κ2) is 2.65. The van der Waals surface area contributed by atoms with Crippen LogP contribution in [0, 0.1) is 0 Å². The molecule has 1 aliphatic heterocycles. The maximum absolute atomic E-state index is 10.4. The van der Waals surface area contributed by atoms with E-state index in [1.807, 2.05) is 0 Å². The van der Waals surface area contributed by atoms with Crippen molar-refractivity contribution in [2.24, 2.45) is 5.73 Å². The number of hydrogen-bond donors (Lipinski definition) is 4. The van der Waals surface area contributed by atoms with E-state index in [4.69, 9.17) is 10.8 Å². The highest BCUT2D eigenvalue weighted by molar-refractivity contribution is 5.65. The fourth-order valence-electron chi connectivity index (χ4n) is 1.01. The van der Waals surface area contributed by atoms with Gasteiger partial charge in [-0.25, -0.2) is 4.79 Å². The Hall–Kier alpha value is -0.850. The third-order valence-corrected chi connectivity index (χ3v) is 1.60. The number of β-amino-alcohol motifs (C(OH)–C–C–N with tert-alkyl or cyclic N) is 1. The van der Waals surface area contributed by atoms with Gasteiger partial charge in [0, 0.05) is 13.1 Å². The van der Waals surface area contributed by atoms with Gasteiger partial charge in [-0.2, -0.15) is 0 Å². The third kappa shape index (κ3) is 1.59. The SMILES string of the molecule is N[C@]1(O)CNCCN1C(=O)O. The molecule has 0 bridgehead atoms. The Morgan fingerprint density at radius 3 is 2.73 bits per heavy atom. The van der Waals surface area contributed by atoms with Crippen LogP contribution in [0.15, 0.2) is 0 Å². The zero-order valence-electron chi connectivity index (χ0n) is 5.95. The molecule has 6 heteroatoms. The van der Waals surface area contributed by atoms with Crippen LogP contribution in [0.25, 0.3) is 0 Å². The first kappa shape index (κ1) is 8.25. The summed E-state index contributed by atoms with van der Waals surface area (Å²) < 4.78 is 0. The van der Waals surface area contributed by atoms with Crippen LogP contribution in [0.5, 0.6) is 0 Å².